The third-order valence-corrected chi connectivity index (χ3v) is 4.00. The van der Waals surface area contributed by atoms with Crippen LogP contribution in [-0.4, -0.2) is 16.1 Å². The normalized spacial score (nSPS) is 10.7. The van der Waals surface area contributed by atoms with E-state index in [1.54, 1.807) is 36.4 Å². The third kappa shape index (κ3) is 5.13. The first-order chi connectivity index (χ1) is 14.4. The molecule has 0 fully saturated rings. The van der Waals surface area contributed by atoms with E-state index in [0.717, 1.165) is 17.7 Å². The molecule has 0 aliphatic heterocycles. The van der Waals surface area contributed by atoms with E-state index in [1.165, 1.54) is 24.4 Å². The Hall–Kier alpha value is -4.34. The number of hydrogen-bond acceptors (Lipinski definition) is 7. The molecule has 1 N–H and O–H groups in total. The van der Waals surface area contributed by atoms with Crippen molar-refractivity contribution < 1.29 is 19.0 Å². The van der Waals surface area contributed by atoms with E-state index >= 15 is 0 Å². The zero-order chi connectivity index (χ0) is 21.5. The van der Waals surface area contributed by atoms with Gasteiger partial charge in [-0.05, 0) is 35.9 Å². The third-order valence-electron chi connectivity index (χ3n) is 4.00. The second-order valence-electron chi connectivity index (χ2n) is 6.04. The van der Waals surface area contributed by atoms with Crippen molar-refractivity contribution in [3.8, 4) is 5.75 Å². The van der Waals surface area contributed by atoms with Crippen molar-refractivity contribution in [3.05, 3.63) is 104 Å². The molecule has 0 spiro atoms. The number of nitro groups is 2. The van der Waals surface area contributed by atoms with Gasteiger partial charge in [-0.1, -0.05) is 24.3 Å². The van der Waals surface area contributed by atoms with Crippen molar-refractivity contribution in [1.82, 2.24) is 0 Å². The van der Waals surface area contributed by atoms with Gasteiger partial charge in [-0.2, -0.15) is 5.10 Å². The van der Waals surface area contributed by atoms with Crippen LogP contribution in [0.3, 0.4) is 0 Å². The highest BCUT2D eigenvalue weighted by molar-refractivity contribution is 5.84. The van der Waals surface area contributed by atoms with Gasteiger partial charge in [0, 0.05) is 11.6 Å². The predicted octanol–water partition coefficient (Wildman–Crippen LogP) is 4.67. The van der Waals surface area contributed by atoms with Gasteiger partial charge in [0.15, 0.2) is 0 Å². The number of nitrogens with zero attached hydrogens (tertiary/aromatic N) is 3. The number of anilines is 1. The topological polar surface area (TPSA) is 120 Å². The number of nitrogens with one attached hydrogen (secondary N) is 1. The molecular formula is C20H15FN4O5. The van der Waals surface area contributed by atoms with Crippen LogP contribution in [0.1, 0.15) is 11.1 Å². The van der Waals surface area contributed by atoms with Crippen molar-refractivity contribution >= 4 is 23.3 Å². The molecule has 0 aromatic heterocycles. The molecule has 3 rings (SSSR count). The van der Waals surface area contributed by atoms with Crippen LogP contribution in [0.15, 0.2) is 71.8 Å². The molecule has 0 radical (unpaired) electrons. The molecule has 3 aromatic carbocycles. The van der Waals surface area contributed by atoms with Crippen molar-refractivity contribution in [2.24, 2.45) is 5.10 Å². The molecule has 30 heavy (non-hydrogen) atoms. The van der Waals surface area contributed by atoms with Gasteiger partial charge in [-0.3, -0.25) is 25.7 Å². The summed E-state index contributed by atoms with van der Waals surface area (Å²) in [5.41, 5.74) is 3.04. The summed E-state index contributed by atoms with van der Waals surface area (Å²) in [7, 11) is 0. The Bertz CT molecular complexity index is 1100. The maximum absolute atomic E-state index is 13.0. The lowest BCUT2D eigenvalue weighted by molar-refractivity contribution is -0.393. The lowest BCUT2D eigenvalue weighted by atomic mass is 10.2. The largest absolute Gasteiger partial charge is 0.488 e. The molecule has 0 heterocycles. The molecule has 0 saturated carbocycles. The number of benzene rings is 3. The van der Waals surface area contributed by atoms with Gasteiger partial charge in [0.1, 0.15) is 23.9 Å². The maximum atomic E-state index is 13.0. The highest BCUT2D eigenvalue weighted by atomic mass is 19.1. The quantitative estimate of drug-likeness (QED) is 0.327. The SMILES string of the molecule is O=[N+]([O-])c1ccc(N/N=C/c2ccccc2OCc2ccc(F)cc2)c([N+](=O)[O-])c1. The number of non-ortho nitro benzene ring substituents is 1. The van der Waals surface area contributed by atoms with E-state index in [4.69, 9.17) is 4.74 Å². The number of halogens is 1. The summed E-state index contributed by atoms with van der Waals surface area (Å²) in [6.45, 7) is 0.215. The molecular weight excluding hydrogens is 395 g/mol. The van der Waals surface area contributed by atoms with Gasteiger partial charge in [-0.25, -0.2) is 4.39 Å². The molecule has 0 aliphatic rings. The number of ether oxygens (including phenoxy) is 1. The minimum Gasteiger partial charge on any atom is -0.488 e. The van der Waals surface area contributed by atoms with Crippen LogP contribution in [0.25, 0.3) is 0 Å². The Labute approximate surface area is 169 Å². The van der Waals surface area contributed by atoms with Crippen LogP contribution in [0.4, 0.5) is 21.5 Å². The molecule has 0 bridgehead atoms. The molecule has 0 aliphatic carbocycles. The molecule has 0 unspecified atom stereocenters. The van der Waals surface area contributed by atoms with Crippen LogP contribution in [0.5, 0.6) is 5.75 Å². The van der Waals surface area contributed by atoms with E-state index in [2.05, 4.69) is 10.5 Å². The van der Waals surface area contributed by atoms with E-state index in [-0.39, 0.29) is 18.1 Å². The molecule has 3 aromatic rings. The fraction of sp³-hybridized carbons (Fsp3) is 0.0500. The lowest BCUT2D eigenvalue weighted by Crippen LogP contribution is -2.00. The zero-order valence-corrected chi connectivity index (χ0v) is 15.4. The highest BCUT2D eigenvalue weighted by Gasteiger charge is 2.19. The molecule has 0 amide bonds. The van der Waals surface area contributed by atoms with Crippen molar-refractivity contribution in [1.29, 1.82) is 0 Å². The van der Waals surface area contributed by atoms with Gasteiger partial charge in [0.25, 0.3) is 5.69 Å². The lowest BCUT2D eigenvalue weighted by Gasteiger charge is -2.09. The number of hydrogen-bond donors (Lipinski definition) is 1. The smallest absolute Gasteiger partial charge is 0.301 e. The average molecular weight is 410 g/mol. The predicted molar refractivity (Wildman–Crippen MR) is 108 cm³/mol. The van der Waals surface area contributed by atoms with Gasteiger partial charge in [0.05, 0.1) is 22.1 Å². The summed E-state index contributed by atoms with van der Waals surface area (Å²) < 4.78 is 18.7. The standard InChI is InChI=1S/C20H15FN4O5/c21-16-7-5-14(6-8-16)13-30-20-4-2-1-3-15(20)12-22-23-18-10-9-17(24(26)27)11-19(18)25(28)29/h1-12,23H,13H2/b22-12+. The Kier molecular flexibility index (Phi) is 6.28. The van der Waals surface area contributed by atoms with Crippen LogP contribution < -0.4 is 10.2 Å². The first kappa shape index (κ1) is 20.4. The van der Waals surface area contributed by atoms with Gasteiger partial charge in [0.2, 0.25) is 0 Å². The first-order valence-electron chi connectivity index (χ1n) is 8.62. The fourth-order valence-electron chi connectivity index (χ4n) is 2.51. The summed E-state index contributed by atoms with van der Waals surface area (Å²) in [5.74, 6) is 0.170. The van der Waals surface area contributed by atoms with Crippen LogP contribution >= 0.6 is 0 Å². The van der Waals surface area contributed by atoms with Crippen LogP contribution in [0, 0.1) is 26.0 Å². The molecule has 0 saturated heterocycles. The number of nitro benzene ring substituents is 2. The Morgan fingerprint density at radius 1 is 1.00 bits per heavy atom. The summed E-state index contributed by atoms with van der Waals surface area (Å²) in [5, 5.41) is 26.0. The van der Waals surface area contributed by atoms with Crippen molar-refractivity contribution in [2.45, 2.75) is 6.61 Å². The molecule has 152 valence electrons. The average Bonchev–Trinajstić information content (AvgIpc) is 2.74. The molecule has 10 heteroatoms. The number of rotatable bonds is 8. The van der Waals surface area contributed by atoms with E-state index in [0.29, 0.717) is 11.3 Å². The van der Waals surface area contributed by atoms with E-state index < -0.39 is 21.2 Å². The number of para-hydroxylation sites is 1. The molecule has 0 atom stereocenters. The monoisotopic (exact) mass is 410 g/mol. The van der Waals surface area contributed by atoms with Gasteiger partial charge in [-0.15, -0.1) is 0 Å². The van der Waals surface area contributed by atoms with E-state index in [9.17, 15) is 24.6 Å². The first-order valence-corrected chi connectivity index (χ1v) is 8.62. The highest BCUT2D eigenvalue weighted by Crippen LogP contribution is 2.29. The summed E-state index contributed by atoms with van der Waals surface area (Å²) in [6, 6.07) is 16.1. The fourth-order valence-corrected chi connectivity index (χ4v) is 2.51. The number of hydrazone groups is 1. The van der Waals surface area contributed by atoms with Crippen LogP contribution in [0.2, 0.25) is 0 Å². The maximum Gasteiger partial charge on any atom is 0.301 e. The van der Waals surface area contributed by atoms with Gasteiger partial charge >= 0.3 is 5.69 Å². The van der Waals surface area contributed by atoms with E-state index in [1.807, 2.05) is 0 Å². The summed E-state index contributed by atoms with van der Waals surface area (Å²) in [4.78, 5) is 20.5. The Balaban J connectivity index is 1.73. The minimum absolute atomic E-state index is 0.00608. The summed E-state index contributed by atoms with van der Waals surface area (Å²) in [6.07, 6.45) is 1.41. The Morgan fingerprint density at radius 2 is 1.73 bits per heavy atom. The van der Waals surface area contributed by atoms with Crippen molar-refractivity contribution in [3.63, 3.8) is 0 Å². The second kappa shape index (κ2) is 9.24. The minimum atomic E-state index is -0.732. The van der Waals surface area contributed by atoms with Gasteiger partial charge < -0.3 is 4.74 Å². The zero-order valence-electron chi connectivity index (χ0n) is 15.4. The second-order valence-corrected chi connectivity index (χ2v) is 6.04. The summed E-state index contributed by atoms with van der Waals surface area (Å²) >= 11 is 0. The van der Waals surface area contributed by atoms with Crippen molar-refractivity contribution in [2.75, 3.05) is 5.43 Å². The Morgan fingerprint density at radius 3 is 2.43 bits per heavy atom. The van der Waals surface area contributed by atoms with Crippen LogP contribution in [-0.2, 0) is 6.61 Å². The molecule has 9 nitrogen and oxygen atoms in total.